The minimum absolute atomic E-state index is 0.0376. The molecule has 0 saturated carbocycles. The molecule has 0 bridgehead atoms. The molecule has 5 heterocycles. The molecule has 0 spiro atoms. The number of likely N-dealkylation sites (tertiary alicyclic amines) is 1. The minimum Gasteiger partial charge on any atom is -0.465 e. The van der Waals surface area contributed by atoms with Gasteiger partial charge >= 0.3 is 12.1 Å². The third-order valence-corrected chi connectivity index (χ3v) is 9.07. The fraction of sp³-hybridized carbons (Fsp3) is 0.485. The summed E-state index contributed by atoms with van der Waals surface area (Å²) >= 11 is 0. The highest BCUT2D eigenvalue weighted by Gasteiger charge is 2.30. The third-order valence-electron chi connectivity index (χ3n) is 9.07. The van der Waals surface area contributed by atoms with Crippen LogP contribution in [0.5, 0.6) is 0 Å². The number of para-hydroxylation sites is 2. The summed E-state index contributed by atoms with van der Waals surface area (Å²) in [4.78, 5) is 59.0. The quantitative estimate of drug-likeness (QED) is 0.221. The number of carbonyl (C=O) groups excluding carboxylic acids is 2. The van der Waals surface area contributed by atoms with Gasteiger partial charge < -0.3 is 25.1 Å². The fourth-order valence-corrected chi connectivity index (χ4v) is 6.41. The third kappa shape index (κ3) is 7.65. The predicted octanol–water partition coefficient (Wildman–Crippen LogP) is 2.92. The first kappa shape index (κ1) is 33.8. The molecule has 6 rings (SSSR count). The summed E-state index contributed by atoms with van der Waals surface area (Å²) < 4.78 is 7.34. The molecule has 0 unspecified atom stereocenters. The maximum Gasteiger partial charge on any atom is 0.407 e. The van der Waals surface area contributed by atoms with Gasteiger partial charge in [-0.1, -0.05) is 18.2 Å². The van der Waals surface area contributed by atoms with Crippen molar-refractivity contribution in [1.82, 2.24) is 44.3 Å². The summed E-state index contributed by atoms with van der Waals surface area (Å²) in [5, 5.41) is 17.2. The van der Waals surface area contributed by atoms with Crippen molar-refractivity contribution in [2.45, 2.75) is 45.2 Å². The molecule has 2 saturated heterocycles. The Kier molecular flexibility index (Phi) is 9.78. The van der Waals surface area contributed by atoms with Crippen molar-refractivity contribution in [2.24, 2.45) is 0 Å². The number of oxazole rings is 1. The lowest BCUT2D eigenvalue weighted by molar-refractivity contribution is -0.127. The lowest BCUT2D eigenvalue weighted by atomic mass is 10.1. The summed E-state index contributed by atoms with van der Waals surface area (Å²) in [6, 6.07) is 7.00. The molecule has 2 aliphatic rings. The number of hydrogen-bond acceptors (Lipinski definition) is 11. The van der Waals surface area contributed by atoms with Crippen LogP contribution in [0.4, 0.5) is 16.6 Å². The molecule has 4 aromatic rings. The predicted molar refractivity (Wildman–Crippen MR) is 183 cm³/mol. The first-order valence-corrected chi connectivity index (χ1v) is 16.5. The monoisotopic (exact) mass is 673 g/mol. The minimum atomic E-state index is -0.900. The Hall–Kier alpha value is -5.09. The van der Waals surface area contributed by atoms with Crippen LogP contribution >= 0.6 is 0 Å². The number of nitrogens with two attached hydrogens (primary N) is 1. The molecule has 260 valence electrons. The summed E-state index contributed by atoms with van der Waals surface area (Å²) in [6.07, 6.45) is 5.46. The molecule has 16 heteroatoms. The molecule has 0 aliphatic carbocycles. The highest BCUT2D eigenvalue weighted by molar-refractivity contribution is 6.12. The van der Waals surface area contributed by atoms with Crippen LogP contribution < -0.4 is 11.1 Å². The van der Waals surface area contributed by atoms with Crippen molar-refractivity contribution in [3.8, 4) is 0 Å². The topological polar surface area (TPSA) is 192 Å². The second kappa shape index (κ2) is 14.2. The highest BCUT2D eigenvalue weighted by Crippen LogP contribution is 2.29. The summed E-state index contributed by atoms with van der Waals surface area (Å²) in [5.74, 6) is -0.520. The van der Waals surface area contributed by atoms with Gasteiger partial charge in [-0.3, -0.25) is 24.7 Å². The summed E-state index contributed by atoms with van der Waals surface area (Å²) in [5.41, 5.74) is 7.39. The molecular weight excluding hydrogens is 630 g/mol. The zero-order valence-corrected chi connectivity index (χ0v) is 28.1. The van der Waals surface area contributed by atoms with E-state index in [0.717, 1.165) is 39.0 Å². The van der Waals surface area contributed by atoms with Gasteiger partial charge in [0.05, 0.1) is 11.4 Å². The number of carbonyl (C=O) groups is 3. The van der Waals surface area contributed by atoms with Crippen LogP contribution in [0.1, 0.15) is 50.1 Å². The SMILES string of the molecule is CC(C)(C)N(CCN1CCN(CC=CC(=O)N2CCC[C@@H](n3nc(C(=O)Nc4nc5ccccc5o4)c4c(N)ncnc43)C2)CC1)C(=O)O. The molecule has 49 heavy (non-hydrogen) atoms. The van der Waals surface area contributed by atoms with E-state index in [1.807, 2.05) is 39.0 Å². The van der Waals surface area contributed by atoms with Crippen molar-refractivity contribution in [3.63, 3.8) is 0 Å². The first-order chi connectivity index (χ1) is 23.5. The maximum absolute atomic E-state index is 13.4. The van der Waals surface area contributed by atoms with Crippen LogP contribution in [-0.4, -0.2) is 132 Å². The van der Waals surface area contributed by atoms with Crippen LogP contribution in [0.15, 0.2) is 47.2 Å². The number of benzene rings is 1. The van der Waals surface area contributed by atoms with Crippen LogP contribution in [0.3, 0.4) is 0 Å². The van der Waals surface area contributed by atoms with Gasteiger partial charge in [0.1, 0.15) is 17.7 Å². The van der Waals surface area contributed by atoms with Gasteiger partial charge in [-0.25, -0.2) is 19.4 Å². The van der Waals surface area contributed by atoms with Crippen molar-refractivity contribution in [2.75, 3.05) is 70.0 Å². The zero-order valence-electron chi connectivity index (χ0n) is 28.1. The van der Waals surface area contributed by atoms with Crippen LogP contribution in [-0.2, 0) is 4.79 Å². The second-order valence-corrected chi connectivity index (χ2v) is 13.4. The van der Waals surface area contributed by atoms with E-state index in [-0.39, 0.29) is 29.5 Å². The molecule has 4 N–H and O–H groups in total. The number of anilines is 2. The van der Waals surface area contributed by atoms with Gasteiger partial charge in [0.25, 0.3) is 5.91 Å². The smallest absolute Gasteiger partial charge is 0.407 e. The molecular formula is C33H43N11O5. The van der Waals surface area contributed by atoms with E-state index >= 15 is 0 Å². The molecule has 0 radical (unpaired) electrons. The van der Waals surface area contributed by atoms with E-state index < -0.39 is 17.5 Å². The number of piperidine rings is 1. The molecule has 3 amide bonds. The lowest BCUT2D eigenvalue weighted by Gasteiger charge is -2.38. The largest absolute Gasteiger partial charge is 0.465 e. The molecule has 16 nitrogen and oxygen atoms in total. The van der Waals surface area contributed by atoms with E-state index in [9.17, 15) is 19.5 Å². The Bertz CT molecular complexity index is 1820. The number of fused-ring (bicyclic) bond motifs is 2. The lowest BCUT2D eigenvalue weighted by Crippen LogP contribution is -2.52. The Morgan fingerprint density at radius 3 is 2.59 bits per heavy atom. The van der Waals surface area contributed by atoms with Crippen LogP contribution in [0.2, 0.25) is 0 Å². The average Bonchev–Trinajstić information content (AvgIpc) is 3.67. The van der Waals surface area contributed by atoms with Gasteiger partial charge in [0.15, 0.2) is 16.9 Å². The normalized spacial score (nSPS) is 18.0. The fourth-order valence-electron chi connectivity index (χ4n) is 6.41. The van der Waals surface area contributed by atoms with E-state index in [4.69, 9.17) is 10.2 Å². The van der Waals surface area contributed by atoms with E-state index in [0.29, 0.717) is 54.9 Å². The number of carboxylic acid groups (broad SMARTS) is 1. The van der Waals surface area contributed by atoms with E-state index in [1.54, 1.807) is 27.8 Å². The van der Waals surface area contributed by atoms with Crippen molar-refractivity contribution in [3.05, 3.63) is 48.4 Å². The summed E-state index contributed by atoms with van der Waals surface area (Å²) in [6.45, 7) is 11.9. The number of nitrogens with one attached hydrogen (secondary N) is 1. The van der Waals surface area contributed by atoms with Gasteiger partial charge in [-0.15, -0.1) is 0 Å². The van der Waals surface area contributed by atoms with Crippen LogP contribution in [0, 0.1) is 0 Å². The first-order valence-electron chi connectivity index (χ1n) is 16.5. The number of piperazine rings is 1. The molecule has 2 fully saturated rings. The highest BCUT2D eigenvalue weighted by atomic mass is 16.4. The number of rotatable bonds is 9. The Morgan fingerprint density at radius 1 is 1.10 bits per heavy atom. The van der Waals surface area contributed by atoms with Crippen LogP contribution in [0.25, 0.3) is 22.1 Å². The number of hydrogen-bond donors (Lipinski definition) is 3. The second-order valence-electron chi connectivity index (χ2n) is 13.4. The maximum atomic E-state index is 13.4. The van der Waals surface area contributed by atoms with Gasteiger partial charge in [0.2, 0.25) is 5.91 Å². The van der Waals surface area contributed by atoms with Crippen molar-refractivity contribution < 1.29 is 23.9 Å². The number of nitrogens with zero attached hydrogens (tertiary/aromatic N) is 9. The van der Waals surface area contributed by atoms with Gasteiger partial charge in [-0.05, 0) is 45.7 Å². The zero-order chi connectivity index (χ0) is 34.7. The van der Waals surface area contributed by atoms with Gasteiger partial charge in [-0.2, -0.15) is 10.1 Å². The molecule has 1 atom stereocenters. The number of aromatic nitrogens is 5. The molecule has 1 aromatic carbocycles. The standard InChI is InChI=1S/C33H43N11O5/c1-33(2,3)43(32(47)48)19-18-41-16-14-40(15-17-41)12-7-11-25(45)42-13-6-8-22(20-42)44-29-26(28(34)35-21-36-29)27(39-44)30(46)38-31-37-23-9-4-5-10-24(23)49-31/h4-5,7,9-11,21-22H,6,8,12-20H2,1-3H3,(H,47,48)(H2,34,35,36)(H,37,38,46)/t22-/m1/s1. The Labute approximate surface area is 283 Å². The molecule has 2 aliphatic heterocycles. The summed E-state index contributed by atoms with van der Waals surface area (Å²) in [7, 11) is 0. The Morgan fingerprint density at radius 2 is 1.86 bits per heavy atom. The van der Waals surface area contributed by atoms with E-state index in [2.05, 4.69) is 35.2 Å². The van der Waals surface area contributed by atoms with Crippen molar-refractivity contribution in [1.29, 1.82) is 0 Å². The van der Waals surface area contributed by atoms with E-state index in [1.165, 1.54) is 11.2 Å². The number of amides is 3. The average molecular weight is 674 g/mol. The molecule has 3 aromatic heterocycles. The van der Waals surface area contributed by atoms with Crippen molar-refractivity contribution >= 4 is 51.9 Å². The number of nitrogen functional groups attached to an aromatic ring is 1. The van der Waals surface area contributed by atoms with Gasteiger partial charge in [0, 0.05) is 70.5 Å². The Balaban J connectivity index is 1.05.